The van der Waals surface area contributed by atoms with Gasteiger partial charge in [0.05, 0.1) is 39.6 Å². The number of hydrogen-bond donors (Lipinski definition) is 0. The molecule has 0 aliphatic heterocycles. The molecule has 0 saturated heterocycles. The number of aryl methyl sites for hydroxylation is 6. The number of nitrogens with zero attached hydrogens (tertiary/aromatic N) is 6. The minimum absolute atomic E-state index is 0.560. The largest absolute Gasteiger partial charge is 0.494 e. The number of rotatable bonds is 35. The Bertz CT molecular complexity index is 7410. The minimum Gasteiger partial charge on any atom is -0.494 e. The molecular formula is C126H104N6O6. The Hall–Kier alpha value is -16.4. The van der Waals surface area contributed by atoms with Gasteiger partial charge in [-0.2, -0.15) is 0 Å². The Balaban J connectivity index is 0.424. The standard InChI is InChI=1S/C126H104N6O6/c1-9-31-115-103(23-1)104-24-2-10-32-116(104)127(115)71-17-77-135-99-59-43-89(44-60-99)93-51-67-123-111(83-93)112-84-94(90-45-61-100(62-46-90)136-78-18-72-128-117-33-11-3-25-105(117)106-26-4-12-34-118(106)128)52-68-124(112)131(123)75-21-81-133-97-55-39-87(40-56-97)88-41-57-98(58-42-88)134-82-22-76-132-125-69-53-95(91-47-63-101(64-48-91)137-79-19-73-129-119-35-13-5-27-107(119)108-28-6-14-36-120(108)129)85-113(125)114-86-96(54-70-126(114)132)92-49-65-102(66-50-92)138-80-20-74-130-121-37-15-7-29-109(121)110-30-8-16-38-122(110)130/h1-16,23-70,83-86H,17-22,71-82H2. The van der Waals surface area contributed by atoms with Crippen LogP contribution in [-0.4, -0.2) is 67.0 Å². The molecule has 0 amide bonds. The summed E-state index contributed by atoms with van der Waals surface area (Å²) in [5.41, 5.74) is 26.3. The molecule has 0 saturated carbocycles. The molecule has 138 heavy (non-hydrogen) atoms. The van der Waals surface area contributed by atoms with Crippen LogP contribution in [0.25, 0.3) is 186 Å². The number of aromatic nitrogens is 6. The number of fused-ring (bicyclic) bond motifs is 18. The van der Waals surface area contributed by atoms with E-state index in [-0.39, 0.29) is 0 Å². The second kappa shape index (κ2) is 37.8. The van der Waals surface area contributed by atoms with Crippen LogP contribution in [0, 0.1) is 0 Å². The molecule has 6 aromatic heterocycles. The van der Waals surface area contributed by atoms with Crippen molar-refractivity contribution in [2.45, 2.75) is 77.8 Å². The van der Waals surface area contributed by atoms with Gasteiger partial charge >= 0.3 is 0 Å². The first-order valence-electron chi connectivity index (χ1n) is 48.8. The SMILES string of the molecule is c1ccc2c(c1)c1ccccc1n2CCCOc1ccc(-c2ccc3c(c2)c2cc(-c4ccc(OCCCn5c6ccccc6c6ccccc65)cc4)ccc2n3CCCOc2ccc(-c3ccc(OCCCn4c5ccc(-c6ccc(OCCCn7c8ccccc8c8ccccc87)cc6)cc5c5cc(-c6ccc(OCCCn7c8ccccc8c8ccccc87)cc6)ccc54)cc3)cc2)cc1. The predicted molar refractivity (Wildman–Crippen MR) is 571 cm³/mol. The maximum Gasteiger partial charge on any atom is 0.119 e. The molecule has 0 spiro atoms. The molecule has 24 aromatic rings. The van der Waals surface area contributed by atoms with E-state index in [1.54, 1.807) is 0 Å². The van der Waals surface area contributed by atoms with E-state index in [0.717, 1.165) is 168 Å². The molecule has 0 bridgehead atoms. The lowest BCUT2D eigenvalue weighted by Crippen LogP contribution is -2.04. The first-order valence-corrected chi connectivity index (χ1v) is 48.8. The third kappa shape index (κ3) is 16.7. The molecule has 24 rings (SSSR count). The molecule has 0 radical (unpaired) electrons. The highest BCUT2D eigenvalue weighted by atomic mass is 16.5. The first-order chi connectivity index (χ1) is 68.4. The zero-order chi connectivity index (χ0) is 91.6. The minimum atomic E-state index is 0.560. The average molecular weight is 1800 g/mol. The summed E-state index contributed by atoms with van der Waals surface area (Å²) in [6.45, 7) is 8.65. The maximum atomic E-state index is 6.56. The van der Waals surface area contributed by atoms with Gasteiger partial charge in [0.1, 0.15) is 34.5 Å². The Morgan fingerprint density at radius 2 is 0.254 bits per heavy atom. The highest BCUT2D eigenvalue weighted by Crippen LogP contribution is 2.42. The Kier molecular flexibility index (Phi) is 23.2. The molecule has 0 N–H and O–H groups in total. The molecule has 0 aliphatic rings. The van der Waals surface area contributed by atoms with Gasteiger partial charge in [-0.15, -0.1) is 0 Å². The second-order valence-corrected chi connectivity index (χ2v) is 36.3. The molecule has 12 nitrogen and oxygen atoms in total. The molecule has 674 valence electrons. The Labute approximate surface area is 801 Å². The normalized spacial score (nSPS) is 11.9. The summed E-state index contributed by atoms with van der Waals surface area (Å²) in [7, 11) is 0. The lowest BCUT2D eigenvalue weighted by molar-refractivity contribution is 0.303. The number of hydrogen-bond acceptors (Lipinski definition) is 6. The lowest BCUT2D eigenvalue weighted by atomic mass is 10.00. The predicted octanol–water partition coefficient (Wildman–Crippen LogP) is 31.5. The van der Waals surface area contributed by atoms with Crippen LogP contribution in [0.3, 0.4) is 0 Å². The third-order valence-electron chi connectivity index (χ3n) is 28.0. The van der Waals surface area contributed by atoms with E-state index >= 15 is 0 Å². The first kappa shape index (κ1) is 84.5. The summed E-state index contributed by atoms with van der Waals surface area (Å²) >= 11 is 0. The van der Waals surface area contributed by atoms with E-state index in [4.69, 9.17) is 28.4 Å². The zero-order valence-corrected chi connectivity index (χ0v) is 77.1. The van der Waals surface area contributed by atoms with Crippen LogP contribution >= 0.6 is 0 Å². The number of ether oxygens (including phenoxy) is 6. The molecule has 6 heterocycles. The quantitative estimate of drug-likeness (QED) is 0.0368. The summed E-state index contributed by atoms with van der Waals surface area (Å²) in [6.07, 6.45) is 5.18. The number of para-hydroxylation sites is 8. The lowest BCUT2D eigenvalue weighted by Gasteiger charge is -2.12. The van der Waals surface area contributed by atoms with E-state index in [0.29, 0.717) is 39.6 Å². The van der Waals surface area contributed by atoms with Crippen LogP contribution in [0.2, 0.25) is 0 Å². The van der Waals surface area contributed by atoms with Gasteiger partial charge in [0.2, 0.25) is 0 Å². The van der Waals surface area contributed by atoms with Gasteiger partial charge in [-0.05, 0) is 264 Å². The van der Waals surface area contributed by atoms with Gasteiger partial charge in [-0.1, -0.05) is 243 Å². The van der Waals surface area contributed by atoms with E-state index in [1.807, 2.05) is 0 Å². The molecule has 0 aliphatic carbocycles. The smallest absolute Gasteiger partial charge is 0.119 e. The number of benzene rings is 18. The van der Waals surface area contributed by atoms with Gasteiger partial charge in [-0.3, -0.25) is 0 Å². The highest BCUT2D eigenvalue weighted by molar-refractivity contribution is 6.14. The van der Waals surface area contributed by atoms with Gasteiger partial charge in [0.15, 0.2) is 0 Å². The van der Waals surface area contributed by atoms with E-state index < -0.39 is 0 Å². The van der Waals surface area contributed by atoms with Crippen molar-refractivity contribution in [2.75, 3.05) is 39.6 Å². The Morgan fingerprint density at radius 3 is 0.413 bits per heavy atom. The van der Waals surface area contributed by atoms with Crippen molar-refractivity contribution in [2.24, 2.45) is 0 Å². The average Bonchev–Trinajstić information content (AvgIpc) is 1.59. The summed E-state index contributed by atoms with van der Waals surface area (Å²) in [6, 6.07) is 149. The fraction of sp³-hybridized carbons (Fsp3) is 0.143. The molecule has 0 fully saturated rings. The molecule has 0 unspecified atom stereocenters. The van der Waals surface area contributed by atoms with E-state index in [9.17, 15) is 0 Å². The van der Waals surface area contributed by atoms with Crippen molar-refractivity contribution in [3.05, 3.63) is 413 Å². The Morgan fingerprint density at radius 1 is 0.123 bits per heavy atom. The van der Waals surface area contributed by atoms with Crippen LogP contribution in [0.1, 0.15) is 38.5 Å². The van der Waals surface area contributed by atoms with Crippen molar-refractivity contribution < 1.29 is 28.4 Å². The maximum absolute atomic E-state index is 6.56. The fourth-order valence-electron chi connectivity index (χ4n) is 21.3. The second-order valence-electron chi connectivity index (χ2n) is 36.3. The molecule has 0 atom stereocenters. The van der Waals surface area contributed by atoms with Gasteiger partial charge in [0.25, 0.3) is 0 Å². The van der Waals surface area contributed by atoms with Crippen molar-refractivity contribution in [3.63, 3.8) is 0 Å². The van der Waals surface area contributed by atoms with Gasteiger partial charge in [-0.25, -0.2) is 0 Å². The van der Waals surface area contributed by atoms with E-state index in [2.05, 4.69) is 440 Å². The van der Waals surface area contributed by atoms with Crippen molar-refractivity contribution >= 4 is 131 Å². The van der Waals surface area contributed by atoms with Gasteiger partial charge in [0, 0.05) is 170 Å². The van der Waals surface area contributed by atoms with E-state index in [1.165, 1.54) is 131 Å². The van der Waals surface area contributed by atoms with Crippen molar-refractivity contribution in [3.8, 4) is 90.1 Å². The van der Waals surface area contributed by atoms with Gasteiger partial charge < -0.3 is 55.8 Å². The summed E-state index contributed by atoms with van der Waals surface area (Å²) in [4.78, 5) is 0. The van der Waals surface area contributed by atoms with Crippen LogP contribution in [0.5, 0.6) is 34.5 Å². The molecule has 18 aromatic carbocycles. The topological polar surface area (TPSA) is 85.0 Å². The highest BCUT2D eigenvalue weighted by Gasteiger charge is 2.21. The van der Waals surface area contributed by atoms with Crippen molar-refractivity contribution in [1.29, 1.82) is 0 Å². The van der Waals surface area contributed by atoms with Crippen molar-refractivity contribution in [1.82, 2.24) is 27.4 Å². The van der Waals surface area contributed by atoms with Crippen LogP contribution in [-0.2, 0) is 39.3 Å². The van der Waals surface area contributed by atoms with Crippen LogP contribution in [0.15, 0.2) is 413 Å². The molecular weight excluding hydrogens is 1690 g/mol. The fourth-order valence-corrected chi connectivity index (χ4v) is 21.3. The van der Waals surface area contributed by atoms with Crippen LogP contribution < -0.4 is 28.4 Å². The summed E-state index contributed by atoms with van der Waals surface area (Å²) in [5, 5.41) is 15.2. The zero-order valence-electron chi connectivity index (χ0n) is 77.1. The molecule has 12 heteroatoms. The van der Waals surface area contributed by atoms with Crippen LogP contribution in [0.4, 0.5) is 0 Å². The third-order valence-corrected chi connectivity index (χ3v) is 28.0. The summed E-state index contributed by atoms with van der Waals surface area (Å²) < 4.78 is 53.5. The monoisotopic (exact) mass is 1800 g/mol. The summed E-state index contributed by atoms with van der Waals surface area (Å²) in [5.74, 6) is 5.16.